The molecular weight excluding hydrogens is 388 g/mol. The molecular formula is C23H28O3S2. The summed E-state index contributed by atoms with van der Waals surface area (Å²) in [6, 6.07) is 8.08. The first-order chi connectivity index (χ1) is 13.5. The van der Waals surface area contributed by atoms with E-state index in [4.69, 9.17) is 26.4 Å². The van der Waals surface area contributed by atoms with Gasteiger partial charge in [0.1, 0.15) is 11.9 Å². The molecule has 0 N–H and O–H groups in total. The summed E-state index contributed by atoms with van der Waals surface area (Å²) in [6.45, 7) is 4.99. The van der Waals surface area contributed by atoms with Crippen molar-refractivity contribution in [3.8, 4) is 5.75 Å². The number of benzene rings is 1. The Hall–Kier alpha value is -1.30. The molecule has 28 heavy (non-hydrogen) atoms. The molecule has 3 aliphatic carbocycles. The highest BCUT2D eigenvalue weighted by Gasteiger charge is 2.54. The Morgan fingerprint density at radius 2 is 2.07 bits per heavy atom. The standard InChI is InChI=1S/C23H28O3S2/c1-15-12-23-9-8-19(25-14-16-4-6-18(24-2)7-5-16)10-17(23)11-21(20(15)13-23)26-22(27)28-3/h4-9,17,19-21H,1,10-14H2,2-3H3/t17?,19-,20?,21?,23?/m1/s1. The second kappa shape index (κ2) is 8.21. The molecule has 0 heterocycles. The zero-order valence-electron chi connectivity index (χ0n) is 16.6. The number of thiocarbonyl (C=S) groups is 1. The smallest absolute Gasteiger partial charge is 0.219 e. The number of fused-ring (bicyclic) bond motifs is 1. The van der Waals surface area contributed by atoms with Gasteiger partial charge >= 0.3 is 0 Å². The maximum absolute atomic E-state index is 6.24. The van der Waals surface area contributed by atoms with Crippen LogP contribution in [0.15, 0.2) is 48.6 Å². The summed E-state index contributed by atoms with van der Waals surface area (Å²) < 4.78 is 18.2. The topological polar surface area (TPSA) is 27.7 Å². The van der Waals surface area contributed by atoms with E-state index in [1.807, 2.05) is 18.4 Å². The number of allylic oxidation sites excluding steroid dienone is 1. The Kier molecular flexibility index (Phi) is 5.86. The largest absolute Gasteiger partial charge is 0.497 e. The van der Waals surface area contributed by atoms with Crippen molar-refractivity contribution in [3.05, 3.63) is 54.1 Å². The highest BCUT2D eigenvalue weighted by molar-refractivity contribution is 8.22. The molecule has 3 aliphatic rings. The van der Waals surface area contributed by atoms with Gasteiger partial charge in [0, 0.05) is 5.92 Å². The third-order valence-electron chi connectivity index (χ3n) is 6.66. The van der Waals surface area contributed by atoms with Crippen LogP contribution in [0.5, 0.6) is 5.75 Å². The van der Waals surface area contributed by atoms with E-state index in [0.717, 1.165) is 31.4 Å². The van der Waals surface area contributed by atoms with Gasteiger partial charge in [0.05, 0.1) is 19.8 Å². The summed E-state index contributed by atoms with van der Waals surface area (Å²) >= 11 is 6.85. The van der Waals surface area contributed by atoms with E-state index >= 15 is 0 Å². The summed E-state index contributed by atoms with van der Waals surface area (Å²) in [4.78, 5) is 0. The molecule has 5 heteroatoms. The molecule has 1 aromatic carbocycles. The number of ether oxygens (including phenoxy) is 3. The molecule has 2 saturated carbocycles. The van der Waals surface area contributed by atoms with Crippen molar-refractivity contribution < 1.29 is 14.2 Å². The van der Waals surface area contributed by atoms with Gasteiger partial charge in [-0.05, 0) is 73.2 Å². The zero-order chi connectivity index (χ0) is 19.7. The number of methoxy groups -OCH3 is 1. The quantitative estimate of drug-likeness (QED) is 0.464. The molecule has 5 atom stereocenters. The van der Waals surface area contributed by atoms with Crippen LogP contribution in [0, 0.1) is 17.3 Å². The van der Waals surface area contributed by atoms with Crippen molar-refractivity contribution in [1.82, 2.24) is 0 Å². The molecule has 0 radical (unpaired) electrons. The minimum absolute atomic E-state index is 0.149. The Balaban J connectivity index is 1.42. The molecule has 1 spiro atoms. The van der Waals surface area contributed by atoms with Crippen molar-refractivity contribution in [2.24, 2.45) is 17.3 Å². The van der Waals surface area contributed by atoms with Crippen LogP contribution in [0.3, 0.4) is 0 Å². The summed E-state index contributed by atoms with van der Waals surface area (Å²) in [5.74, 6) is 1.86. The predicted octanol–water partition coefficient (Wildman–Crippen LogP) is 5.55. The lowest BCUT2D eigenvalue weighted by Crippen LogP contribution is -2.42. The average molecular weight is 417 g/mol. The molecule has 0 aromatic heterocycles. The van der Waals surface area contributed by atoms with Crippen LogP contribution in [0.25, 0.3) is 0 Å². The van der Waals surface area contributed by atoms with Gasteiger partial charge in [-0.3, -0.25) is 0 Å². The van der Waals surface area contributed by atoms with Crippen LogP contribution < -0.4 is 4.74 Å². The molecule has 2 fully saturated rings. The monoisotopic (exact) mass is 416 g/mol. The third-order valence-corrected chi connectivity index (χ3v) is 7.68. The minimum Gasteiger partial charge on any atom is -0.497 e. The van der Waals surface area contributed by atoms with Crippen molar-refractivity contribution in [2.75, 3.05) is 13.4 Å². The van der Waals surface area contributed by atoms with Crippen LogP contribution in [-0.2, 0) is 16.1 Å². The molecule has 150 valence electrons. The lowest BCUT2D eigenvalue weighted by atomic mass is 9.62. The highest BCUT2D eigenvalue weighted by atomic mass is 32.2. The second-order valence-corrected chi connectivity index (χ2v) is 9.62. The SMILES string of the molecule is C=C1CC23C=C[C@@H](OCc4ccc(OC)cc4)CC2CC(OC(=S)SC)C1C3. The zero-order valence-corrected chi connectivity index (χ0v) is 18.2. The number of hydrogen-bond acceptors (Lipinski definition) is 5. The lowest BCUT2D eigenvalue weighted by molar-refractivity contribution is -0.0114. The van der Waals surface area contributed by atoms with Gasteiger partial charge in [0.2, 0.25) is 4.38 Å². The first-order valence-electron chi connectivity index (χ1n) is 9.89. The van der Waals surface area contributed by atoms with Gasteiger partial charge in [0.15, 0.2) is 0 Å². The molecule has 0 aliphatic heterocycles. The van der Waals surface area contributed by atoms with E-state index in [1.165, 1.54) is 22.9 Å². The summed E-state index contributed by atoms with van der Waals surface area (Å²) in [6.07, 6.45) is 11.3. The molecule has 0 saturated heterocycles. The minimum atomic E-state index is 0.149. The van der Waals surface area contributed by atoms with E-state index in [-0.39, 0.29) is 17.6 Å². The maximum Gasteiger partial charge on any atom is 0.219 e. The number of rotatable bonds is 5. The first-order valence-corrected chi connectivity index (χ1v) is 11.5. The van der Waals surface area contributed by atoms with Crippen LogP contribution in [0.4, 0.5) is 0 Å². The van der Waals surface area contributed by atoms with Crippen LogP contribution in [0.2, 0.25) is 0 Å². The van der Waals surface area contributed by atoms with Gasteiger partial charge in [-0.25, -0.2) is 0 Å². The van der Waals surface area contributed by atoms with Crippen molar-refractivity contribution in [2.45, 2.75) is 44.5 Å². The van der Waals surface area contributed by atoms with E-state index in [2.05, 4.69) is 30.9 Å². The molecule has 1 aromatic rings. The van der Waals surface area contributed by atoms with Gasteiger partial charge in [-0.2, -0.15) is 0 Å². The molecule has 3 nitrogen and oxygen atoms in total. The fraction of sp³-hybridized carbons (Fsp3) is 0.522. The molecule has 4 unspecified atom stereocenters. The molecule has 2 bridgehead atoms. The Labute approximate surface area is 177 Å². The fourth-order valence-corrected chi connectivity index (χ4v) is 5.51. The van der Waals surface area contributed by atoms with E-state index in [0.29, 0.717) is 22.8 Å². The van der Waals surface area contributed by atoms with Crippen molar-refractivity contribution in [1.29, 1.82) is 0 Å². The highest BCUT2D eigenvalue weighted by Crippen LogP contribution is 2.60. The third kappa shape index (κ3) is 3.89. The van der Waals surface area contributed by atoms with E-state index in [1.54, 1.807) is 7.11 Å². The predicted molar refractivity (Wildman–Crippen MR) is 119 cm³/mol. The summed E-state index contributed by atoms with van der Waals surface area (Å²) in [5, 5.41) is 0. The fourth-order valence-electron chi connectivity index (χ4n) is 5.17. The number of hydrogen-bond donors (Lipinski definition) is 0. The summed E-state index contributed by atoms with van der Waals surface area (Å²) in [7, 11) is 1.68. The molecule has 4 rings (SSSR count). The van der Waals surface area contributed by atoms with Gasteiger partial charge in [0.25, 0.3) is 0 Å². The Morgan fingerprint density at radius 3 is 2.79 bits per heavy atom. The maximum atomic E-state index is 6.24. The first kappa shape index (κ1) is 20.0. The van der Waals surface area contributed by atoms with Gasteiger partial charge in [-0.15, -0.1) is 0 Å². The lowest BCUT2D eigenvalue weighted by Gasteiger charge is -2.45. The van der Waals surface area contributed by atoms with Crippen LogP contribution in [0.1, 0.15) is 31.2 Å². The van der Waals surface area contributed by atoms with Crippen LogP contribution >= 0.6 is 24.0 Å². The summed E-state index contributed by atoms with van der Waals surface area (Å²) in [5.41, 5.74) is 2.75. The van der Waals surface area contributed by atoms with Gasteiger partial charge in [-0.1, -0.05) is 48.2 Å². The van der Waals surface area contributed by atoms with E-state index < -0.39 is 0 Å². The average Bonchev–Trinajstić information content (AvgIpc) is 3.00. The van der Waals surface area contributed by atoms with Crippen molar-refractivity contribution in [3.63, 3.8) is 0 Å². The Bertz CT molecular complexity index is 773. The van der Waals surface area contributed by atoms with Crippen molar-refractivity contribution >= 4 is 28.4 Å². The number of thioether (sulfide) groups is 1. The Morgan fingerprint density at radius 1 is 1.29 bits per heavy atom. The van der Waals surface area contributed by atoms with E-state index in [9.17, 15) is 0 Å². The molecule has 0 amide bonds. The normalized spacial score (nSPS) is 33.4. The van der Waals surface area contributed by atoms with Crippen LogP contribution in [-0.4, -0.2) is 30.0 Å². The second-order valence-electron chi connectivity index (χ2n) is 8.21. The van der Waals surface area contributed by atoms with Gasteiger partial charge < -0.3 is 14.2 Å².